The number of likely N-dealkylation sites (tertiary alicyclic amines) is 1. The summed E-state index contributed by atoms with van der Waals surface area (Å²) in [5.41, 5.74) is 1.31. The first-order chi connectivity index (χ1) is 13.1. The molecule has 3 heterocycles. The van der Waals surface area contributed by atoms with Crippen LogP contribution in [0.15, 0.2) is 9.95 Å². The van der Waals surface area contributed by atoms with Gasteiger partial charge in [0.2, 0.25) is 5.91 Å². The number of carbonyl (C=O) groups excluding carboxylic acids is 1. The molecule has 4 rings (SSSR count). The van der Waals surface area contributed by atoms with Crippen LogP contribution >= 0.6 is 23.1 Å². The summed E-state index contributed by atoms with van der Waals surface area (Å²) in [6.07, 6.45) is 7.46. The molecule has 2 aromatic heterocycles. The summed E-state index contributed by atoms with van der Waals surface area (Å²) >= 11 is 3.10. The first-order valence-corrected chi connectivity index (χ1v) is 11.9. The van der Waals surface area contributed by atoms with E-state index in [9.17, 15) is 9.59 Å². The second-order valence-corrected chi connectivity index (χ2v) is 9.64. The smallest absolute Gasteiger partial charge is 0.263 e. The van der Waals surface area contributed by atoms with Crippen LogP contribution in [-0.4, -0.2) is 38.7 Å². The number of thioether (sulfide) groups is 1. The number of hydrogen-bond donors (Lipinski definition) is 0. The lowest BCUT2D eigenvalue weighted by Gasteiger charge is -2.33. The number of hydrogen-bond acceptors (Lipinski definition) is 5. The van der Waals surface area contributed by atoms with Gasteiger partial charge in [-0.15, -0.1) is 11.3 Å². The summed E-state index contributed by atoms with van der Waals surface area (Å²) < 4.78 is 1.80. The molecule has 27 heavy (non-hydrogen) atoms. The summed E-state index contributed by atoms with van der Waals surface area (Å²) in [5.74, 6) is 0.523. The number of thiophene rings is 1. The molecule has 1 amide bonds. The zero-order valence-corrected chi connectivity index (χ0v) is 17.8. The van der Waals surface area contributed by atoms with E-state index in [1.54, 1.807) is 15.9 Å². The number of piperidine rings is 1. The Morgan fingerprint density at radius 3 is 2.93 bits per heavy atom. The van der Waals surface area contributed by atoms with E-state index in [4.69, 9.17) is 4.98 Å². The van der Waals surface area contributed by atoms with Crippen LogP contribution < -0.4 is 5.56 Å². The summed E-state index contributed by atoms with van der Waals surface area (Å²) in [7, 11) is 0. The topological polar surface area (TPSA) is 55.2 Å². The number of aryl methyl sites for hydroxylation is 2. The molecule has 0 saturated carbocycles. The minimum absolute atomic E-state index is 0.0857. The van der Waals surface area contributed by atoms with E-state index in [0.717, 1.165) is 55.3 Å². The number of nitrogens with zero attached hydrogens (tertiary/aromatic N) is 3. The Hall–Kier alpha value is -1.34. The van der Waals surface area contributed by atoms with E-state index < -0.39 is 0 Å². The van der Waals surface area contributed by atoms with Gasteiger partial charge in [0, 0.05) is 24.0 Å². The van der Waals surface area contributed by atoms with Crippen LogP contribution in [0.4, 0.5) is 0 Å². The van der Waals surface area contributed by atoms with Crippen LogP contribution in [0.3, 0.4) is 0 Å². The zero-order chi connectivity index (χ0) is 19.0. The second-order valence-electron chi connectivity index (χ2n) is 7.61. The largest absolute Gasteiger partial charge is 0.339 e. The van der Waals surface area contributed by atoms with Gasteiger partial charge in [-0.25, -0.2) is 4.98 Å². The highest BCUT2D eigenvalue weighted by Crippen LogP contribution is 2.35. The van der Waals surface area contributed by atoms with Crippen molar-refractivity contribution in [2.45, 2.75) is 76.5 Å². The van der Waals surface area contributed by atoms with Gasteiger partial charge in [0.25, 0.3) is 5.56 Å². The predicted molar refractivity (Wildman–Crippen MR) is 112 cm³/mol. The number of rotatable bonds is 5. The van der Waals surface area contributed by atoms with Gasteiger partial charge in [-0.05, 0) is 57.4 Å². The molecule has 2 aromatic rings. The maximum Gasteiger partial charge on any atom is 0.263 e. The molecule has 0 radical (unpaired) electrons. The zero-order valence-electron chi connectivity index (χ0n) is 16.1. The van der Waals surface area contributed by atoms with Crippen molar-refractivity contribution < 1.29 is 4.79 Å². The molecule has 0 N–H and O–H groups in total. The SMILES string of the molecule is CCCn1c(SCC(=O)N2CCCC[C@@H]2C)nc2sc3c(c2c1=O)CCC3. The van der Waals surface area contributed by atoms with Crippen molar-refractivity contribution >= 4 is 39.2 Å². The minimum Gasteiger partial charge on any atom is -0.339 e. The van der Waals surface area contributed by atoms with Crippen LogP contribution in [0.1, 0.15) is 56.4 Å². The van der Waals surface area contributed by atoms with Crippen LogP contribution in [0, 0.1) is 0 Å². The molecule has 7 heteroatoms. The van der Waals surface area contributed by atoms with E-state index in [1.165, 1.54) is 28.6 Å². The fourth-order valence-corrected chi connectivity index (χ4v) is 6.48. The average molecular weight is 406 g/mol. The van der Waals surface area contributed by atoms with Gasteiger partial charge < -0.3 is 4.90 Å². The van der Waals surface area contributed by atoms with Crippen molar-refractivity contribution in [2.75, 3.05) is 12.3 Å². The van der Waals surface area contributed by atoms with Gasteiger partial charge >= 0.3 is 0 Å². The third kappa shape index (κ3) is 3.56. The van der Waals surface area contributed by atoms with Crippen LogP contribution in [0.5, 0.6) is 0 Å². The van der Waals surface area contributed by atoms with Crippen LogP contribution in [0.2, 0.25) is 0 Å². The first kappa shape index (κ1) is 19.0. The van der Waals surface area contributed by atoms with Gasteiger partial charge in [0.05, 0.1) is 11.1 Å². The molecule has 0 spiro atoms. The molecular formula is C20H27N3O2S2. The van der Waals surface area contributed by atoms with Crippen molar-refractivity contribution in [3.63, 3.8) is 0 Å². The van der Waals surface area contributed by atoms with Crippen molar-refractivity contribution in [1.29, 1.82) is 0 Å². The number of amides is 1. The molecule has 5 nitrogen and oxygen atoms in total. The van der Waals surface area contributed by atoms with Crippen molar-refractivity contribution in [2.24, 2.45) is 0 Å². The molecule has 1 aliphatic heterocycles. The monoisotopic (exact) mass is 405 g/mol. The fourth-order valence-electron chi connectivity index (χ4n) is 4.27. The predicted octanol–water partition coefficient (Wildman–Crippen LogP) is 3.85. The lowest BCUT2D eigenvalue weighted by Crippen LogP contribution is -2.43. The second kappa shape index (κ2) is 7.95. The highest BCUT2D eigenvalue weighted by molar-refractivity contribution is 7.99. The highest BCUT2D eigenvalue weighted by Gasteiger charge is 2.25. The quantitative estimate of drug-likeness (QED) is 0.560. The molecule has 1 fully saturated rings. The third-order valence-electron chi connectivity index (χ3n) is 5.69. The molecule has 1 atom stereocenters. The van der Waals surface area contributed by atoms with Crippen molar-refractivity contribution in [3.8, 4) is 0 Å². The number of aromatic nitrogens is 2. The maximum absolute atomic E-state index is 13.2. The molecule has 1 saturated heterocycles. The summed E-state index contributed by atoms with van der Waals surface area (Å²) in [6.45, 7) is 5.71. The maximum atomic E-state index is 13.2. The van der Waals surface area contributed by atoms with Gasteiger partial charge in [-0.2, -0.15) is 0 Å². The Kier molecular flexibility index (Phi) is 5.60. The molecular weight excluding hydrogens is 378 g/mol. The minimum atomic E-state index is 0.0857. The van der Waals surface area contributed by atoms with Crippen molar-refractivity contribution in [3.05, 3.63) is 20.8 Å². The average Bonchev–Trinajstić information content (AvgIpc) is 3.23. The molecule has 0 aromatic carbocycles. The fraction of sp³-hybridized carbons (Fsp3) is 0.650. The molecule has 146 valence electrons. The first-order valence-electron chi connectivity index (χ1n) is 10.1. The Morgan fingerprint density at radius 2 is 2.15 bits per heavy atom. The summed E-state index contributed by atoms with van der Waals surface area (Å²) in [5, 5.41) is 1.54. The summed E-state index contributed by atoms with van der Waals surface area (Å²) in [6, 6.07) is 0.320. The molecule has 2 aliphatic rings. The van der Waals surface area contributed by atoms with Crippen LogP contribution in [0.25, 0.3) is 10.2 Å². The van der Waals surface area contributed by atoms with E-state index >= 15 is 0 Å². The standard InChI is InChI=1S/C20H27N3O2S2/c1-3-10-23-19(25)17-14-8-6-9-15(14)27-18(17)21-20(23)26-12-16(24)22-11-5-4-7-13(22)2/h13H,3-12H2,1-2H3/t13-/m0/s1. The van der Waals surface area contributed by atoms with E-state index in [-0.39, 0.29) is 11.5 Å². The van der Waals surface area contributed by atoms with Crippen molar-refractivity contribution in [1.82, 2.24) is 14.5 Å². The molecule has 0 unspecified atom stereocenters. The van der Waals surface area contributed by atoms with E-state index in [2.05, 4.69) is 13.8 Å². The van der Waals surface area contributed by atoms with Gasteiger partial charge in [-0.3, -0.25) is 14.2 Å². The lowest BCUT2D eigenvalue weighted by molar-refractivity contribution is -0.131. The highest BCUT2D eigenvalue weighted by atomic mass is 32.2. The van der Waals surface area contributed by atoms with Gasteiger partial charge in [0.1, 0.15) is 4.83 Å². The Labute approximate surface area is 168 Å². The van der Waals surface area contributed by atoms with E-state index in [1.807, 2.05) is 4.90 Å². The van der Waals surface area contributed by atoms with Gasteiger partial charge in [0.15, 0.2) is 5.16 Å². The normalized spacial score (nSPS) is 19.6. The van der Waals surface area contributed by atoms with Gasteiger partial charge in [-0.1, -0.05) is 18.7 Å². The molecule has 0 bridgehead atoms. The third-order valence-corrected chi connectivity index (χ3v) is 7.83. The van der Waals surface area contributed by atoms with Crippen LogP contribution in [-0.2, 0) is 24.2 Å². The molecule has 1 aliphatic carbocycles. The Morgan fingerprint density at radius 1 is 1.30 bits per heavy atom. The Bertz CT molecular complexity index is 918. The number of carbonyl (C=O) groups is 1. The number of fused-ring (bicyclic) bond motifs is 3. The van der Waals surface area contributed by atoms with E-state index in [0.29, 0.717) is 23.5 Å². The summed E-state index contributed by atoms with van der Waals surface area (Å²) in [4.78, 5) is 34.9. The lowest BCUT2D eigenvalue weighted by atomic mass is 10.0. The Balaban J connectivity index is 1.62.